The summed E-state index contributed by atoms with van der Waals surface area (Å²) in [6.45, 7) is 3.72. The molecule has 1 atom stereocenters. The molecule has 0 aromatic heterocycles. The van der Waals surface area contributed by atoms with Gasteiger partial charge in [-0.2, -0.15) is 10.2 Å². The van der Waals surface area contributed by atoms with Gasteiger partial charge in [0.2, 0.25) is 17.7 Å². The molecule has 204 valence electrons. The number of nitrogens with two attached hydrogens (primary N) is 1. The van der Waals surface area contributed by atoms with E-state index < -0.39 is 23.9 Å². The average Bonchev–Trinajstić information content (AvgIpc) is 3.62. The van der Waals surface area contributed by atoms with Gasteiger partial charge in [0, 0.05) is 32.4 Å². The van der Waals surface area contributed by atoms with Gasteiger partial charge in [-0.25, -0.2) is 4.79 Å². The summed E-state index contributed by atoms with van der Waals surface area (Å²) in [5.74, 6) is -1.13. The quantitative estimate of drug-likeness (QED) is 0.194. The van der Waals surface area contributed by atoms with Crippen LogP contribution in [0.25, 0.3) is 0 Å². The molecule has 13 nitrogen and oxygen atoms in total. The Morgan fingerprint density at radius 2 is 1.59 bits per heavy atom. The number of nitrogens with zero attached hydrogens (tertiary/aromatic N) is 2. The summed E-state index contributed by atoms with van der Waals surface area (Å²) in [5.41, 5.74) is 5.60. The maximum atomic E-state index is 12.5. The molecular weight excluding hydrogens is 484 g/mol. The largest absolute Gasteiger partial charge is 0.445 e. The second-order valence-corrected chi connectivity index (χ2v) is 8.55. The number of carbonyl (C=O) groups excluding carboxylic acids is 4. The molecule has 0 saturated heterocycles. The average molecular weight is 521 g/mol. The zero-order valence-corrected chi connectivity index (χ0v) is 21.1. The number of amides is 4. The van der Waals surface area contributed by atoms with Crippen LogP contribution in [0, 0.1) is 0 Å². The third-order valence-corrected chi connectivity index (χ3v) is 5.25. The van der Waals surface area contributed by atoms with Crippen molar-refractivity contribution in [1.82, 2.24) is 16.0 Å². The molecule has 37 heavy (non-hydrogen) atoms. The summed E-state index contributed by atoms with van der Waals surface area (Å²) in [4.78, 5) is 47.4. The van der Waals surface area contributed by atoms with Crippen LogP contribution < -0.4 is 21.7 Å². The van der Waals surface area contributed by atoms with E-state index >= 15 is 0 Å². The molecular formula is C24H36N6O7. The van der Waals surface area contributed by atoms with Gasteiger partial charge in [0.1, 0.15) is 12.6 Å². The lowest BCUT2D eigenvalue weighted by Crippen LogP contribution is -2.48. The van der Waals surface area contributed by atoms with Crippen LogP contribution in [0.2, 0.25) is 0 Å². The fraction of sp³-hybridized carbons (Fsp3) is 0.583. The molecule has 4 amide bonds. The topological polar surface area (TPSA) is 183 Å². The lowest BCUT2D eigenvalue weighted by Gasteiger charge is -2.18. The molecule has 13 heteroatoms. The Morgan fingerprint density at radius 1 is 0.946 bits per heavy atom. The molecule has 0 bridgehead atoms. The third-order valence-electron chi connectivity index (χ3n) is 5.25. The molecule has 5 N–H and O–H groups in total. The molecule has 1 aliphatic heterocycles. The highest BCUT2D eigenvalue weighted by Crippen LogP contribution is 2.31. The van der Waals surface area contributed by atoms with E-state index in [1.165, 1.54) is 0 Å². The van der Waals surface area contributed by atoms with Crippen molar-refractivity contribution in [2.24, 2.45) is 16.0 Å². The normalized spacial score (nSPS) is 13.9. The van der Waals surface area contributed by atoms with E-state index in [9.17, 15) is 19.2 Å². The van der Waals surface area contributed by atoms with Gasteiger partial charge in [-0.3, -0.25) is 14.4 Å². The van der Waals surface area contributed by atoms with Gasteiger partial charge in [0.05, 0.1) is 26.4 Å². The third kappa shape index (κ3) is 13.9. The second-order valence-electron chi connectivity index (χ2n) is 8.55. The highest BCUT2D eigenvalue weighted by Gasteiger charge is 2.33. The predicted octanol–water partition coefficient (Wildman–Crippen LogP) is 0.775. The highest BCUT2D eigenvalue weighted by molar-refractivity contribution is 5.86. The van der Waals surface area contributed by atoms with Crippen LogP contribution in [-0.2, 0) is 35.2 Å². The number of ether oxygens (including phenoxy) is 3. The van der Waals surface area contributed by atoms with E-state index in [-0.39, 0.29) is 44.2 Å². The first kappa shape index (κ1) is 29.6. The summed E-state index contributed by atoms with van der Waals surface area (Å²) >= 11 is 0. The predicted molar refractivity (Wildman–Crippen MR) is 132 cm³/mol. The number of rotatable bonds is 19. The Bertz CT molecular complexity index is 906. The minimum Gasteiger partial charge on any atom is -0.445 e. The lowest BCUT2D eigenvalue weighted by atomic mass is 10.1. The van der Waals surface area contributed by atoms with Crippen LogP contribution in [0.15, 0.2) is 40.6 Å². The van der Waals surface area contributed by atoms with Gasteiger partial charge in [-0.05, 0) is 18.9 Å². The monoisotopic (exact) mass is 520 g/mol. The Balaban J connectivity index is 1.52. The Labute approximate surface area is 215 Å². The van der Waals surface area contributed by atoms with Gasteiger partial charge >= 0.3 is 6.09 Å². The first-order valence-corrected chi connectivity index (χ1v) is 12.2. The Hall–Kier alpha value is -3.58. The number of nitrogens with one attached hydrogen (secondary N) is 3. The van der Waals surface area contributed by atoms with Crippen molar-refractivity contribution in [2.75, 3.05) is 39.5 Å². The van der Waals surface area contributed by atoms with E-state index in [4.69, 9.17) is 19.9 Å². The maximum Gasteiger partial charge on any atom is 0.408 e. The van der Waals surface area contributed by atoms with E-state index in [0.717, 1.165) is 5.56 Å². The fourth-order valence-electron chi connectivity index (χ4n) is 3.04. The molecule has 1 aliphatic rings. The summed E-state index contributed by atoms with van der Waals surface area (Å²) in [5, 5.41) is 15.6. The van der Waals surface area contributed by atoms with E-state index in [1.54, 1.807) is 12.1 Å². The van der Waals surface area contributed by atoms with E-state index in [0.29, 0.717) is 39.2 Å². The molecule has 2 rings (SSSR count). The first-order valence-electron chi connectivity index (χ1n) is 12.2. The first-order chi connectivity index (χ1) is 17.8. The summed E-state index contributed by atoms with van der Waals surface area (Å²) in [6, 6.07) is 8.11. The second kappa shape index (κ2) is 16.2. The fourth-order valence-corrected chi connectivity index (χ4v) is 3.04. The minimum absolute atomic E-state index is 0.0385. The number of hydrogen-bond acceptors (Lipinski definition) is 9. The molecule has 0 radical (unpaired) electrons. The zero-order valence-electron chi connectivity index (χ0n) is 21.1. The lowest BCUT2D eigenvalue weighted by molar-refractivity contribution is -0.124. The molecule has 0 aliphatic carbocycles. The molecule has 0 fully saturated rings. The molecule has 0 spiro atoms. The van der Waals surface area contributed by atoms with Crippen LogP contribution in [-0.4, -0.2) is 75.0 Å². The van der Waals surface area contributed by atoms with Gasteiger partial charge < -0.3 is 35.9 Å². The van der Waals surface area contributed by atoms with Crippen molar-refractivity contribution in [2.45, 2.75) is 50.9 Å². The van der Waals surface area contributed by atoms with Gasteiger partial charge in [-0.15, -0.1) is 0 Å². The van der Waals surface area contributed by atoms with Crippen LogP contribution in [0.3, 0.4) is 0 Å². The van der Waals surface area contributed by atoms with E-state index in [1.807, 2.05) is 25.1 Å². The number of alkyl carbamates (subject to hydrolysis) is 1. The molecule has 1 aromatic carbocycles. The number of benzene rings is 1. The summed E-state index contributed by atoms with van der Waals surface area (Å²) in [7, 11) is 0. The van der Waals surface area contributed by atoms with Crippen LogP contribution in [0.5, 0.6) is 0 Å². The summed E-state index contributed by atoms with van der Waals surface area (Å²) in [6.07, 6.45) is 0.158. The van der Waals surface area contributed by atoms with Crippen molar-refractivity contribution in [3.05, 3.63) is 35.9 Å². The van der Waals surface area contributed by atoms with Crippen LogP contribution in [0.4, 0.5) is 4.79 Å². The minimum atomic E-state index is -0.981. The molecule has 1 aromatic rings. The van der Waals surface area contributed by atoms with Crippen molar-refractivity contribution >= 4 is 23.8 Å². The zero-order chi connectivity index (χ0) is 26.9. The highest BCUT2D eigenvalue weighted by atomic mass is 16.5. The van der Waals surface area contributed by atoms with Crippen molar-refractivity contribution in [1.29, 1.82) is 0 Å². The van der Waals surface area contributed by atoms with Gasteiger partial charge in [-0.1, -0.05) is 30.3 Å². The SMILES string of the molecule is CC1(CCC(=O)NCCOCCOCCNC(=O)C(CCC(N)=O)NC(=O)OCc2ccccc2)N=N1. The number of primary amides is 1. The van der Waals surface area contributed by atoms with Crippen LogP contribution in [0.1, 0.15) is 38.2 Å². The van der Waals surface area contributed by atoms with E-state index in [2.05, 4.69) is 26.2 Å². The van der Waals surface area contributed by atoms with Crippen molar-refractivity contribution in [3.8, 4) is 0 Å². The summed E-state index contributed by atoms with van der Waals surface area (Å²) < 4.78 is 15.9. The van der Waals surface area contributed by atoms with Crippen LogP contribution >= 0.6 is 0 Å². The Morgan fingerprint density at radius 3 is 2.22 bits per heavy atom. The maximum absolute atomic E-state index is 12.5. The smallest absolute Gasteiger partial charge is 0.408 e. The molecule has 1 unspecified atom stereocenters. The van der Waals surface area contributed by atoms with Gasteiger partial charge in [0.15, 0.2) is 5.66 Å². The van der Waals surface area contributed by atoms with Crippen molar-refractivity contribution in [3.63, 3.8) is 0 Å². The Kier molecular flexibility index (Phi) is 13.0. The number of hydrogen-bond donors (Lipinski definition) is 4. The van der Waals surface area contributed by atoms with Gasteiger partial charge in [0.25, 0.3) is 0 Å². The number of carbonyl (C=O) groups is 4. The van der Waals surface area contributed by atoms with Crippen molar-refractivity contribution < 1.29 is 33.4 Å². The molecule has 0 saturated carbocycles. The molecule has 1 heterocycles. The standard InChI is InChI=1S/C24H36N6O7/c1-24(29-30-24)10-9-21(32)26-11-13-35-15-16-36-14-12-27-22(33)19(7-8-20(25)31)28-23(34)37-17-18-5-3-2-4-6-18/h2-6,19H,7-17H2,1H3,(H2,25,31)(H,26,32)(H,27,33)(H,28,34).